The third-order valence-corrected chi connectivity index (χ3v) is 6.61. The van der Waals surface area contributed by atoms with Gasteiger partial charge in [-0.3, -0.25) is 9.59 Å². The van der Waals surface area contributed by atoms with Crippen LogP contribution in [0.2, 0.25) is 0 Å². The van der Waals surface area contributed by atoms with Gasteiger partial charge in [0.1, 0.15) is 29.6 Å². The number of nitrogens with zero attached hydrogens (tertiary/aromatic N) is 1. The summed E-state index contributed by atoms with van der Waals surface area (Å²) < 4.78 is 17.0. The van der Waals surface area contributed by atoms with Crippen molar-refractivity contribution in [3.63, 3.8) is 0 Å². The first-order valence-electron chi connectivity index (χ1n) is 12.9. The van der Waals surface area contributed by atoms with Crippen LogP contribution < -0.4 is 9.47 Å². The molecule has 5 rings (SSSR count). The van der Waals surface area contributed by atoms with Gasteiger partial charge in [0.15, 0.2) is 0 Å². The summed E-state index contributed by atoms with van der Waals surface area (Å²) in [4.78, 5) is 27.8. The van der Waals surface area contributed by atoms with Crippen LogP contribution in [-0.2, 0) is 20.9 Å². The molecule has 0 bridgehead atoms. The van der Waals surface area contributed by atoms with Crippen LogP contribution in [0.5, 0.6) is 17.2 Å². The van der Waals surface area contributed by atoms with E-state index < -0.39 is 17.7 Å². The molecule has 1 N–H and O–H groups in total. The predicted molar refractivity (Wildman–Crippen MR) is 151 cm³/mol. The molecule has 1 atom stereocenters. The van der Waals surface area contributed by atoms with E-state index in [4.69, 9.17) is 14.2 Å². The minimum absolute atomic E-state index is 0.0101. The molecule has 1 heterocycles. The van der Waals surface area contributed by atoms with Crippen LogP contribution in [0.3, 0.4) is 0 Å². The number of benzene rings is 4. The van der Waals surface area contributed by atoms with Crippen molar-refractivity contribution in [3.8, 4) is 17.2 Å². The SMILES string of the molecule is COCCN1C(=O)C(=O)/C(=C(/O)c2ccc(OCc3ccccc3)cc2)C1c1cccc(Oc2ccccc2)c1. The minimum atomic E-state index is -0.816. The molecule has 1 aliphatic heterocycles. The van der Waals surface area contributed by atoms with Crippen molar-refractivity contribution in [3.05, 3.63) is 131 Å². The summed E-state index contributed by atoms with van der Waals surface area (Å²) >= 11 is 0. The summed E-state index contributed by atoms with van der Waals surface area (Å²) in [5, 5.41) is 11.4. The van der Waals surface area contributed by atoms with Gasteiger partial charge in [0, 0.05) is 19.2 Å². The maximum atomic E-state index is 13.3. The highest BCUT2D eigenvalue weighted by Gasteiger charge is 2.46. The molecule has 0 saturated carbocycles. The summed E-state index contributed by atoms with van der Waals surface area (Å²) in [6.45, 7) is 0.813. The van der Waals surface area contributed by atoms with E-state index in [1.54, 1.807) is 42.5 Å². The summed E-state index contributed by atoms with van der Waals surface area (Å²) in [6.07, 6.45) is 0. The number of hydrogen-bond donors (Lipinski definition) is 1. The number of Topliss-reactive ketones (excluding diaryl/α,β-unsaturated/α-hetero) is 1. The number of methoxy groups -OCH3 is 1. The Morgan fingerprint density at radius 2 is 1.48 bits per heavy atom. The fourth-order valence-corrected chi connectivity index (χ4v) is 4.63. The largest absolute Gasteiger partial charge is 0.507 e. The molecule has 1 saturated heterocycles. The van der Waals surface area contributed by atoms with E-state index >= 15 is 0 Å². The Morgan fingerprint density at radius 1 is 0.800 bits per heavy atom. The fraction of sp³-hybridized carbons (Fsp3) is 0.152. The number of carbonyl (C=O) groups excluding carboxylic acids is 2. The molecule has 1 unspecified atom stereocenters. The lowest BCUT2D eigenvalue weighted by Gasteiger charge is -2.25. The van der Waals surface area contributed by atoms with Crippen molar-refractivity contribution < 1.29 is 28.9 Å². The third-order valence-electron chi connectivity index (χ3n) is 6.61. The predicted octanol–water partition coefficient (Wildman–Crippen LogP) is 6.13. The molecule has 7 heteroatoms. The van der Waals surface area contributed by atoms with Gasteiger partial charge in [-0.25, -0.2) is 0 Å². The van der Waals surface area contributed by atoms with Crippen LogP contribution in [0.1, 0.15) is 22.7 Å². The van der Waals surface area contributed by atoms with Crippen molar-refractivity contribution in [1.82, 2.24) is 4.90 Å². The molecule has 4 aromatic rings. The first-order valence-corrected chi connectivity index (χ1v) is 12.9. The van der Waals surface area contributed by atoms with Crippen molar-refractivity contribution in [2.75, 3.05) is 20.3 Å². The molecular weight excluding hydrogens is 506 g/mol. The second-order valence-electron chi connectivity index (χ2n) is 9.27. The van der Waals surface area contributed by atoms with E-state index in [1.807, 2.05) is 66.7 Å². The highest BCUT2D eigenvalue weighted by Crippen LogP contribution is 2.40. The number of aliphatic hydroxyl groups excluding tert-OH is 1. The maximum absolute atomic E-state index is 13.3. The Labute approximate surface area is 232 Å². The molecule has 4 aromatic carbocycles. The summed E-state index contributed by atoms with van der Waals surface area (Å²) in [6, 6.07) is 32.3. The molecule has 1 aliphatic rings. The Balaban J connectivity index is 1.46. The summed E-state index contributed by atoms with van der Waals surface area (Å²) in [5.74, 6) is 0.109. The molecule has 1 fully saturated rings. The van der Waals surface area contributed by atoms with Gasteiger partial charge in [-0.2, -0.15) is 0 Å². The molecule has 202 valence electrons. The van der Waals surface area contributed by atoms with E-state index in [-0.39, 0.29) is 24.5 Å². The molecular formula is C33H29NO6. The van der Waals surface area contributed by atoms with Gasteiger partial charge in [-0.15, -0.1) is 0 Å². The number of para-hydroxylation sites is 1. The van der Waals surface area contributed by atoms with Crippen LogP contribution in [0.25, 0.3) is 5.76 Å². The number of aliphatic hydroxyl groups is 1. The number of amides is 1. The number of carbonyl (C=O) groups is 2. The van der Waals surface area contributed by atoms with Crippen molar-refractivity contribution >= 4 is 17.4 Å². The Bertz CT molecular complexity index is 1500. The quantitative estimate of drug-likeness (QED) is 0.149. The number of hydrogen-bond acceptors (Lipinski definition) is 6. The van der Waals surface area contributed by atoms with Gasteiger partial charge in [0.05, 0.1) is 18.2 Å². The zero-order chi connectivity index (χ0) is 27.9. The van der Waals surface area contributed by atoms with Gasteiger partial charge in [0.2, 0.25) is 0 Å². The van der Waals surface area contributed by atoms with E-state index in [2.05, 4.69) is 0 Å². The summed E-state index contributed by atoms with van der Waals surface area (Å²) in [5.41, 5.74) is 2.08. The monoisotopic (exact) mass is 535 g/mol. The summed E-state index contributed by atoms with van der Waals surface area (Å²) in [7, 11) is 1.53. The Morgan fingerprint density at radius 3 is 2.17 bits per heavy atom. The third kappa shape index (κ3) is 5.90. The van der Waals surface area contributed by atoms with Crippen LogP contribution in [-0.4, -0.2) is 42.0 Å². The van der Waals surface area contributed by atoms with Gasteiger partial charge >= 0.3 is 0 Å². The highest BCUT2D eigenvalue weighted by atomic mass is 16.5. The molecule has 40 heavy (non-hydrogen) atoms. The smallest absolute Gasteiger partial charge is 0.295 e. The molecule has 1 amide bonds. The molecule has 0 aromatic heterocycles. The fourth-order valence-electron chi connectivity index (χ4n) is 4.63. The van der Waals surface area contributed by atoms with Gasteiger partial charge in [0.25, 0.3) is 11.7 Å². The van der Waals surface area contributed by atoms with Crippen molar-refractivity contribution in [2.45, 2.75) is 12.6 Å². The first-order chi connectivity index (χ1) is 19.5. The maximum Gasteiger partial charge on any atom is 0.295 e. The Kier molecular flexibility index (Phi) is 8.23. The number of ketones is 1. The Hall–Kier alpha value is -4.88. The molecule has 0 radical (unpaired) electrons. The van der Waals surface area contributed by atoms with E-state index in [1.165, 1.54) is 12.0 Å². The van der Waals surface area contributed by atoms with Gasteiger partial charge < -0.3 is 24.2 Å². The first kappa shape index (κ1) is 26.7. The van der Waals surface area contributed by atoms with Gasteiger partial charge in [-0.05, 0) is 59.7 Å². The topological polar surface area (TPSA) is 85.3 Å². The number of likely N-dealkylation sites (tertiary alicyclic amines) is 1. The van der Waals surface area contributed by atoms with E-state index in [0.29, 0.717) is 35.0 Å². The molecule has 0 aliphatic carbocycles. The van der Waals surface area contributed by atoms with Gasteiger partial charge in [-0.1, -0.05) is 60.7 Å². The second-order valence-corrected chi connectivity index (χ2v) is 9.27. The lowest BCUT2D eigenvalue weighted by atomic mass is 9.95. The highest BCUT2D eigenvalue weighted by molar-refractivity contribution is 6.46. The standard InChI is InChI=1S/C33H29NO6/c1-38-20-19-34-30(25-11-8-14-28(21-25)40-27-12-6-3-7-13-27)29(32(36)33(34)37)31(35)24-15-17-26(18-16-24)39-22-23-9-4-2-5-10-23/h2-18,21,30,35H,19-20,22H2,1H3/b31-29+. The zero-order valence-corrected chi connectivity index (χ0v) is 22.0. The van der Waals surface area contributed by atoms with Crippen molar-refractivity contribution in [1.29, 1.82) is 0 Å². The number of ether oxygens (including phenoxy) is 3. The van der Waals surface area contributed by atoms with Crippen LogP contribution in [0.4, 0.5) is 0 Å². The minimum Gasteiger partial charge on any atom is -0.507 e. The van der Waals surface area contributed by atoms with Crippen molar-refractivity contribution in [2.24, 2.45) is 0 Å². The second kappa shape index (κ2) is 12.3. The van der Waals surface area contributed by atoms with Crippen LogP contribution in [0, 0.1) is 0 Å². The number of rotatable bonds is 10. The normalized spacial score (nSPS) is 16.2. The lowest BCUT2D eigenvalue weighted by molar-refractivity contribution is -0.140. The van der Waals surface area contributed by atoms with E-state index in [9.17, 15) is 14.7 Å². The van der Waals surface area contributed by atoms with Crippen LogP contribution >= 0.6 is 0 Å². The van der Waals surface area contributed by atoms with E-state index in [0.717, 1.165) is 5.56 Å². The molecule has 7 nitrogen and oxygen atoms in total. The van der Waals surface area contributed by atoms with Crippen LogP contribution in [0.15, 0.2) is 115 Å². The lowest BCUT2D eigenvalue weighted by Crippen LogP contribution is -2.32. The average Bonchev–Trinajstić information content (AvgIpc) is 3.25. The zero-order valence-electron chi connectivity index (χ0n) is 22.0. The average molecular weight is 536 g/mol. The molecule has 0 spiro atoms.